The summed E-state index contributed by atoms with van der Waals surface area (Å²) in [6, 6.07) is 5.95. The minimum atomic E-state index is -0.158. The third kappa shape index (κ3) is 4.65. The molecular formula is C14H22N2O2. The Morgan fingerprint density at radius 3 is 2.72 bits per heavy atom. The van der Waals surface area contributed by atoms with Gasteiger partial charge in [0.1, 0.15) is 12.4 Å². The Kier molecular flexibility index (Phi) is 5.49. The van der Waals surface area contributed by atoms with Gasteiger partial charge in [-0.1, -0.05) is 12.1 Å². The second kappa shape index (κ2) is 6.89. The fourth-order valence-corrected chi connectivity index (χ4v) is 1.52. The SMILES string of the molecule is Cc1cccc(OCCNC(=O)NC(C)C)c1C. The van der Waals surface area contributed by atoms with Gasteiger partial charge in [-0.05, 0) is 44.9 Å². The van der Waals surface area contributed by atoms with Crippen LogP contribution in [0.1, 0.15) is 25.0 Å². The minimum Gasteiger partial charge on any atom is -0.491 e. The van der Waals surface area contributed by atoms with Gasteiger partial charge in [0.25, 0.3) is 0 Å². The molecule has 1 aromatic carbocycles. The summed E-state index contributed by atoms with van der Waals surface area (Å²) in [6.07, 6.45) is 0. The molecular weight excluding hydrogens is 228 g/mol. The van der Waals surface area contributed by atoms with E-state index < -0.39 is 0 Å². The molecule has 1 aromatic rings. The van der Waals surface area contributed by atoms with Crippen LogP contribution in [-0.2, 0) is 0 Å². The van der Waals surface area contributed by atoms with E-state index in [1.165, 1.54) is 5.56 Å². The van der Waals surface area contributed by atoms with Gasteiger partial charge in [0.2, 0.25) is 0 Å². The third-order valence-corrected chi connectivity index (χ3v) is 2.62. The van der Waals surface area contributed by atoms with Crippen LogP contribution >= 0.6 is 0 Å². The first kappa shape index (κ1) is 14.4. The molecule has 0 saturated carbocycles. The van der Waals surface area contributed by atoms with E-state index in [9.17, 15) is 4.79 Å². The van der Waals surface area contributed by atoms with Crippen LogP contribution < -0.4 is 15.4 Å². The van der Waals surface area contributed by atoms with E-state index in [4.69, 9.17) is 4.74 Å². The van der Waals surface area contributed by atoms with Crippen LogP contribution in [0.4, 0.5) is 4.79 Å². The molecule has 0 unspecified atom stereocenters. The highest BCUT2D eigenvalue weighted by Crippen LogP contribution is 2.20. The van der Waals surface area contributed by atoms with Gasteiger partial charge in [0, 0.05) is 6.04 Å². The van der Waals surface area contributed by atoms with E-state index >= 15 is 0 Å². The predicted octanol–water partition coefficient (Wildman–Crippen LogP) is 2.39. The van der Waals surface area contributed by atoms with Crippen LogP contribution in [0, 0.1) is 13.8 Å². The molecule has 4 nitrogen and oxygen atoms in total. The zero-order valence-electron chi connectivity index (χ0n) is 11.5. The molecule has 0 saturated heterocycles. The Labute approximate surface area is 109 Å². The van der Waals surface area contributed by atoms with E-state index in [1.807, 2.05) is 32.9 Å². The first-order valence-electron chi connectivity index (χ1n) is 6.24. The molecule has 0 aliphatic carbocycles. The zero-order valence-corrected chi connectivity index (χ0v) is 11.5. The number of aryl methyl sites for hydroxylation is 1. The Balaban J connectivity index is 2.30. The Bertz CT molecular complexity index is 403. The van der Waals surface area contributed by atoms with Crippen molar-refractivity contribution in [3.8, 4) is 5.75 Å². The topological polar surface area (TPSA) is 50.4 Å². The highest BCUT2D eigenvalue weighted by molar-refractivity contribution is 5.74. The van der Waals surface area contributed by atoms with Crippen LogP contribution in [-0.4, -0.2) is 25.2 Å². The standard InChI is InChI=1S/C14H22N2O2/c1-10(2)16-14(17)15-8-9-18-13-7-5-6-11(3)12(13)4/h5-7,10H,8-9H2,1-4H3,(H2,15,16,17). The van der Waals surface area contributed by atoms with Crippen molar-refractivity contribution >= 4 is 6.03 Å². The molecule has 0 bridgehead atoms. The molecule has 18 heavy (non-hydrogen) atoms. The number of nitrogens with one attached hydrogen (secondary N) is 2. The average Bonchev–Trinajstić information content (AvgIpc) is 2.29. The zero-order chi connectivity index (χ0) is 13.5. The van der Waals surface area contributed by atoms with Gasteiger partial charge in [-0.3, -0.25) is 0 Å². The van der Waals surface area contributed by atoms with Crippen LogP contribution in [0.5, 0.6) is 5.75 Å². The molecule has 0 aromatic heterocycles. The van der Waals surface area contributed by atoms with Crippen LogP contribution in [0.25, 0.3) is 0 Å². The van der Waals surface area contributed by atoms with Gasteiger partial charge in [0.05, 0.1) is 6.54 Å². The molecule has 0 fully saturated rings. The first-order chi connectivity index (χ1) is 8.50. The second-order valence-corrected chi connectivity index (χ2v) is 4.60. The maximum atomic E-state index is 11.3. The number of rotatable bonds is 5. The number of ether oxygens (including phenoxy) is 1. The van der Waals surface area contributed by atoms with E-state index in [1.54, 1.807) is 0 Å². The van der Waals surface area contributed by atoms with Crippen molar-refractivity contribution in [1.82, 2.24) is 10.6 Å². The molecule has 0 spiro atoms. The van der Waals surface area contributed by atoms with Crippen LogP contribution in [0.15, 0.2) is 18.2 Å². The van der Waals surface area contributed by atoms with Crippen molar-refractivity contribution < 1.29 is 9.53 Å². The van der Waals surface area contributed by atoms with E-state index in [0.29, 0.717) is 13.2 Å². The summed E-state index contributed by atoms with van der Waals surface area (Å²) in [7, 11) is 0. The number of hydrogen-bond donors (Lipinski definition) is 2. The lowest BCUT2D eigenvalue weighted by Gasteiger charge is -2.12. The van der Waals surface area contributed by atoms with Crippen LogP contribution in [0.3, 0.4) is 0 Å². The normalized spacial score (nSPS) is 10.3. The molecule has 0 aliphatic rings. The van der Waals surface area contributed by atoms with Crippen molar-refractivity contribution in [3.63, 3.8) is 0 Å². The summed E-state index contributed by atoms with van der Waals surface area (Å²) in [5.41, 5.74) is 2.35. The molecule has 4 heteroatoms. The molecule has 2 amide bonds. The van der Waals surface area contributed by atoms with E-state index in [2.05, 4.69) is 23.6 Å². The fraction of sp³-hybridized carbons (Fsp3) is 0.500. The molecule has 2 N–H and O–H groups in total. The number of carbonyl (C=O) groups excluding carboxylic acids is 1. The van der Waals surface area contributed by atoms with Crippen LogP contribution in [0.2, 0.25) is 0 Å². The van der Waals surface area contributed by atoms with Crippen molar-refractivity contribution in [1.29, 1.82) is 0 Å². The number of hydrogen-bond acceptors (Lipinski definition) is 2. The van der Waals surface area contributed by atoms with E-state index in [0.717, 1.165) is 11.3 Å². The third-order valence-electron chi connectivity index (χ3n) is 2.62. The fourth-order valence-electron chi connectivity index (χ4n) is 1.52. The first-order valence-corrected chi connectivity index (χ1v) is 6.24. The molecule has 100 valence electrons. The summed E-state index contributed by atoms with van der Waals surface area (Å²) in [5, 5.41) is 5.50. The van der Waals surface area contributed by atoms with Gasteiger partial charge in [-0.15, -0.1) is 0 Å². The summed E-state index contributed by atoms with van der Waals surface area (Å²) >= 11 is 0. The molecule has 0 aliphatic heterocycles. The number of urea groups is 1. The summed E-state index contributed by atoms with van der Waals surface area (Å²) < 4.78 is 5.63. The van der Waals surface area contributed by atoms with Crippen molar-refractivity contribution in [2.75, 3.05) is 13.2 Å². The predicted molar refractivity (Wildman–Crippen MR) is 73.1 cm³/mol. The Morgan fingerprint density at radius 1 is 1.33 bits per heavy atom. The lowest BCUT2D eigenvalue weighted by Crippen LogP contribution is -2.41. The number of amides is 2. The molecule has 0 radical (unpaired) electrons. The van der Waals surface area contributed by atoms with Crippen molar-refractivity contribution in [3.05, 3.63) is 29.3 Å². The highest BCUT2D eigenvalue weighted by atomic mass is 16.5. The van der Waals surface area contributed by atoms with Gasteiger partial charge in [-0.25, -0.2) is 4.79 Å². The van der Waals surface area contributed by atoms with E-state index in [-0.39, 0.29) is 12.1 Å². The number of benzene rings is 1. The van der Waals surface area contributed by atoms with Gasteiger partial charge < -0.3 is 15.4 Å². The lowest BCUT2D eigenvalue weighted by molar-refractivity contribution is 0.234. The van der Waals surface area contributed by atoms with Crippen molar-refractivity contribution in [2.45, 2.75) is 33.7 Å². The van der Waals surface area contributed by atoms with Gasteiger partial charge in [0.15, 0.2) is 0 Å². The van der Waals surface area contributed by atoms with Gasteiger partial charge >= 0.3 is 6.03 Å². The molecule has 0 heterocycles. The van der Waals surface area contributed by atoms with Gasteiger partial charge in [-0.2, -0.15) is 0 Å². The Morgan fingerprint density at radius 2 is 2.06 bits per heavy atom. The van der Waals surface area contributed by atoms with Crippen molar-refractivity contribution in [2.24, 2.45) is 0 Å². The largest absolute Gasteiger partial charge is 0.491 e. The maximum Gasteiger partial charge on any atom is 0.315 e. The number of carbonyl (C=O) groups is 1. The average molecular weight is 250 g/mol. The maximum absolute atomic E-state index is 11.3. The minimum absolute atomic E-state index is 0.143. The highest BCUT2D eigenvalue weighted by Gasteiger charge is 2.03. The quantitative estimate of drug-likeness (QED) is 0.788. The summed E-state index contributed by atoms with van der Waals surface area (Å²) in [6.45, 7) is 8.89. The second-order valence-electron chi connectivity index (χ2n) is 4.60. The Hall–Kier alpha value is -1.71. The summed E-state index contributed by atoms with van der Waals surface area (Å²) in [5.74, 6) is 0.876. The summed E-state index contributed by atoms with van der Waals surface area (Å²) in [4.78, 5) is 11.3. The lowest BCUT2D eigenvalue weighted by atomic mass is 10.1. The molecule has 1 rings (SSSR count). The smallest absolute Gasteiger partial charge is 0.315 e. The molecule has 0 atom stereocenters. The monoisotopic (exact) mass is 250 g/mol.